The van der Waals surface area contributed by atoms with E-state index in [9.17, 15) is 9.18 Å². The Bertz CT molecular complexity index is 1540. The minimum absolute atomic E-state index is 0.284. The van der Waals surface area contributed by atoms with Gasteiger partial charge in [0, 0.05) is 27.8 Å². The highest BCUT2D eigenvalue weighted by Gasteiger charge is 2.09. The number of para-hydroxylation sites is 2. The van der Waals surface area contributed by atoms with E-state index in [1.54, 1.807) is 24.3 Å². The number of ether oxygens (including phenoxy) is 1. The lowest BCUT2D eigenvalue weighted by Gasteiger charge is -2.09. The number of nitrogens with one attached hydrogen (secondary N) is 2. The van der Waals surface area contributed by atoms with Crippen LogP contribution >= 0.6 is 11.3 Å². The van der Waals surface area contributed by atoms with Gasteiger partial charge in [-0.1, -0.05) is 54.6 Å². The maximum Gasteiger partial charge on any atom is 0.271 e. The van der Waals surface area contributed by atoms with Gasteiger partial charge < -0.3 is 10.1 Å². The summed E-state index contributed by atoms with van der Waals surface area (Å²) in [5.41, 5.74) is 7.29. The predicted molar refractivity (Wildman–Crippen MR) is 150 cm³/mol. The summed E-state index contributed by atoms with van der Waals surface area (Å²) in [4.78, 5) is 17.2. The molecule has 0 aliphatic heterocycles. The van der Waals surface area contributed by atoms with Crippen molar-refractivity contribution in [3.8, 4) is 17.0 Å². The molecule has 0 spiro atoms. The van der Waals surface area contributed by atoms with Crippen LogP contribution in [-0.4, -0.2) is 17.1 Å². The van der Waals surface area contributed by atoms with Crippen LogP contribution in [-0.2, 0) is 6.61 Å². The minimum atomic E-state index is -0.331. The van der Waals surface area contributed by atoms with Gasteiger partial charge in [-0.15, -0.1) is 11.3 Å². The molecule has 8 heteroatoms. The summed E-state index contributed by atoms with van der Waals surface area (Å²) in [5.74, 6) is -0.0224. The number of amides is 1. The molecular weight excluding hydrogens is 499 g/mol. The molecule has 6 nitrogen and oxygen atoms in total. The Hall–Kier alpha value is -4.82. The van der Waals surface area contributed by atoms with Crippen LogP contribution in [0.5, 0.6) is 5.75 Å². The Morgan fingerprint density at radius 2 is 1.66 bits per heavy atom. The van der Waals surface area contributed by atoms with E-state index in [2.05, 4.69) is 20.8 Å². The highest BCUT2D eigenvalue weighted by atomic mass is 32.1. The maximum atomic E-state index is 13.1. The first-order valence-electron chi connectivity index (χ1n) is 11.8. The fraction of sp³-hybridized carbons (Fsp3) is 0.0333. The first-order valence-corrected chi connectivity index (χ1v) is 12.7. The fourth-order valence-electron chi connectivity index (χ4n) is 3.59. The van der Waals surface area contributed by atoms with Gasteiger partial charge in [0.15, 0.2) is 5.13 Å². The number of rotatable bonds is 9. The molecule has 1 heterocycles. The summed E-state index contributed by atoms with van der Waals surface area (Å²) >= 11 is 1.52. The van der Waals surface area contributed by atoms with Gasteiger partial charge in [0.05, 0.1) is 11.9 Å². The Kier molecular flexibility index (Phi) is 7.81. The molecule has 188 valence electrons. The average Bonchev–Trinajstić information content (AvgIpc) is 3.42. The van der Waals surface area contributed by atoms with Crippen LogP contribution in [0, 0.1) is 5.82 Å². The predicted octanol–water partition coefficient (Wildman–Crippen LogP) is 7.04. The summed E-state index contributed by atoms with van der Waals surface area (Å²) in [6.45, 7) is 0.284. The van der Waals surface area contributed by atoms with Crippen molar-refractivity contribution in [1.29, 1.82) is 0 Å². The van der Waals surface area contributed by atoms with Gasteiger partial charge in [0.1, 0.15) is 18.2 Å². The Morgan fingerprint density at radius 3 is 2.45 bits per heavy atom. The topological polar surface area (TPSA) is 75.6 Å². The zero-order valence-corrected chi connectivity index (χ0v) is 21.0. The van der Waals surface area contributed by atoms with E-state index in [1.807, 2.05) is 72.1 Å². The number of halogens is 1. The van der Waals surface area contributed by atoms with Gasteiger partial charge >= 0.3 is 0 Å². The second-order valence-electron chi connectivity index (χ2n) is 8.26. The SMILES string of the molecule is O=C(N/N=C\c1ccccc1OCc1ccc(F)cc1)c1ccc(-c2csc(Nc3ccccc3)n2)cc1. The van der Waals surface area contributed by atoms with Gasteiger partial charge in [0.2, 0.25) is 0 Å². The van der Waals surface area contributed by atoms with Gasteiger partial charge in [-0.3, -0.25) is 4.79 Å². The van der Waals surface area contributed by atoms with E-state index in [4.69, 9.17) is 4.74 Å². The molecule has 0 fully saturated rings. The number of anilines is 2. The van der Waals surface area contributed by atoms with Crippen molar-refractivity contribution in [3.63, 3.8) is 0 Å². The van der Waals surface area contributed by atoms with Crippen LogP contribution in [0.4, 0.5) is 15.2 Å². The number of carbonyl (C=O) groups excluding carboxylic acids is 1. The molecule has 38 heavy (non-hydrogen) atoms. The van der Waals surface area contributed by atoms with Crippen LogP contribution in [0.3, 0.4) is 0 Å². The van der Waals surface area contributed by atoms with E-state index in [-0.39, 0.29) is 18.3 Å². The van der Waals surface area contributed by atoms with Crippen molar-refractivity contribution < 1.29 is 13.9 Å². The fourth-order valence-corrected chi connectivity index (χ4v) is 4.33. The zero-order chi connectivity index (χ0) is 26.2. The quantitative estimate of drug-likeness (QED) is 0.161. The third-order valence-corrected chi connectivity index (χ3v) is 6.33. The zero-order valence-electron chi connectivity index (χ0n) is 20.2. The van der Waals surface area contributed by atoms with Crippen molar-refractivity contribution >= 4 is 34.3 Å². The number of hydrogen-bond acceptors (Lipinski definition) is 6. The maximum absolute atomic E-state index is 13.1. The molecule has 1 aromatic heterocycles. The minimum Gasteiger partial charge on any atom is -0.488 e. The molecule has 0 saturated carbocycles. The molecule has 0 aliphatic carbocycles. The highest BCUT2D eigenvalue weighted by Crippen LogP contribution is 2.27. The Balaban J connectivity index is 1.18. The molecule has 1 amide bonds. The monoisotopic (exact) mass is 522 g/mol. The van der Waals surface area contributed by atoms with Crippen LogP contribution in [0.15, 0.2) is 114 Å². The summed E-state index contributed by atoms with van der Waals surface area (Å²) in [7, 11) is 0. The summed E-state index contributed by atoms with van der Waals surface area (Å²) in [5, 5.41) is 10.2. The van der Waals surface area contributed by atoms with Crippen LogP contribution in [0.25, 0.3) is 11.3 Å². The Morgan fingerprint density at radius 1 is 0.921 bits per heavy atom. The van der Waals surface area contributed by atoms with Gasteiger partial charge in [-0.2, -0.15) is 5.10 Å². The molecule has 2 N–H and O–H groups in total. The van der Waals surface area contributed by atoms with Crippen LogP contribution < -0.4 is 15.5 Å². The second kappa shape index (κ2) is 11.9. The van der Waals surface area contributed by atoms with Crippen molar-refractivity contribution in [3.05, 3.63) is 131 Å². The van der Waals surface area contributed by atoms with E-state index in [1.165, 1.54) is 29.7 Å². The average molecular weight is 523 g/mol. The number of aromatic nitrogens is 1. The van der Waals surface area contributed by atoms with Crippen LogP contribution in [0.2, 0.25) is 0 Å². The van der Waals surface area contributed by atoms with Gasteiger partial charge in [-0.05, 0) is 54.1 Å². The van der Waals surface area contributed by atoms with Crippen molar-refractivity contribution in [2.45, 2.75) is 6.61 Å². The molecule has 4 aromatic carbocycles. The second-order valence-corrected chi connectivity index (χ2v) is 9.12. The van der Waals surface area contributed by atoms with E-state index < -0.39 is 0 Å². The molecule has 5 aromatic rings. The van der Waals surface area contributed by atoms with Crippen molar-refractivity contribution in [2.24, 2.45) is 5.10 Å². The lowest BCUT2D eigenvalue weighted by molar-refractivity contribution is 0.0955. The standard InChI is InChI=1S/C30H23FN4O2S/c31-25-16-10-21(11-17-25)19-37-28-9-5-4-6-24(28)18-32-35-29(36)23-14-12-22(13-15-23)27-20-38-30(34-27)33-26-7-2-1-3-8-26/h1-18,20H,19H2,(H,33,34)(H,35,36)/b32-18-. The van der Waals surface area contributed by atoms with E-state index >= 15 is 0 Å². The number of thiazole rings is 1. The molecule has 0 bridgehead atoms. The molecule has 5 rings (SSSR count). The third kappa shape index (κ3) is 6.48. The first kappa shape index (κ1) is 24.9. The Labute approximate surface area is 223 Å². The smallest absolute Gasteiger partial charge is 0.271 e. The summed E-state index contributed by atoms with van der Waals surface area (Å²) in [6, 6.07) is 30.5. The lowest BCUT2D eigenvalue weighted by Crippen LogP contribution is -2.17. The lowest BCUT2D eigenvalue weighted by atomic mass is 10.1. The number of carbonyl (C=O) groups is 1. The highest BCUT2D eigenvalue weighted by molar-refractivity contribution is 7.14. The molecule has 0 atom stereocenters. The van der Waals surface area contributed by atoms with E-state index in [0.29, 0.717) is 16.9 Å². The van der Waals surface area contributed by atoms with Gasteiger partial charge in [-0.25, -0.2) is 14.8 Å². The van der Waals surface area contributed by atoms with Crippen LogP contribution in [0.1, 0.15) is 21.5 Å². The van der Waals surface area contributed by atoms with Crippen molar-refractivity contribution in [1.82, 2.24) is 10.4 Å². The number of hydrazone groups is 1. The third-order valence-electron chi connectivity index (χ3n) is 5.57. The summed E-state index contributed by atoms with van der Waals surface area (Å²) in [6.07, 6.45) is 1.53. The van der Waals surface area contributed by atoms with Crippen molar-refractivity contribution in [2.75, 3.05) is 5.32 Å². The first-order chi connectivity index (χ1) is 18.6. The molecule has 0 unspecified atom stereocenters. The molecule has 0 aliphatic rings. The largest absolute Gasteiger partial charge is 0.488 e. The number of benzene rings is 4. The normalized spacial score (nSPS) is 10.9. The summed E-state index contributed by atoms with van der Waals surface area (Å²) < 4.78 is 19.0. The van der Waals surface area contributed by atoms with Gasteiger partial charge in [0.25, 0.3) is 5.91 Å². The number of hydrogen-bond donors (Lipinski definition) is 2. The van der Waals surface area contributed by atoms with E-state index in [0.717, 1.165) is 27.6 Å². The molecule has 0 saturated heterocycles. The number of nitrogens with zero attached hydrogens (tertiary/aromatic N) is 2. The molecular formula is C30H23FN4O2S. The molecule has 0 radical (unpaired) electrons.